The predicted octanol–water partition coefficient (Wildman–Crippen LogP) is 1.69. The Hall–Kier alpha value is -3.43. The third-order valence-electron chi connectivity index (χ3n) is 4.81. The lowest BCUT2D eigenvalue weighted by atomic mass is 10.2. The molecule has 166 valence electrons. The first kappa shape index (κ1) is 22.3. The predicted molar refractivity (Wildman–Crippen MR) is 114 cm³/mol. The molecule has 0 atom stereocenters. The number of benzene rings is 1. The Labute approximate surface area is 177 Å². The summed E-state index contributed by atoms with van der Waals surface area (Å²) in [6, 6.07) is 7.53. The molecule has 2 aromatic heterocycles. The van der Waals surface area contributed by atoms with Crippen LogP contribution in [0.25, 0.3) is 11.0 Å². The number of rotatable bonds is 10. The summed E-state index contributed by atoms with van der Waals surface area (Å²) in [7, 11) is 1.31. The molecule has 0 saturated carbocycles. The molecule has 1 aromatic carbocycles. The average molecular weight is 432 g/mol. The molecule has 1 N–H and O–H groups in total. The number of hydrogen-bond acceptors (Lipinski definition) is 6. The van der Waals surface area contributed by atoms with E-state index in [1.165, 1.54) is 7.05 Å². The van der Waals surface area contributed by atoms with Crippen LogP contribution in [-0.2, 0) is 13.6 Å². The molecule has 0 unspecified atom stereocenters. The minimum absolute atomic E-state index is 0.106. The maximum absolute atomic E-state index is 12.6. The van der Waals surface area contributed by atoms with Crippen LogP contribution >= 0.6 is 0 Å². The van der Waals surface area contributed by atoms with Crippen molar-refractivity contribution >= 4 is 11.0 Å². The number of unbranched alkanes of at least 4 members (excludes halogenated alkanes) is 1. The van der Waals surface area contributed by atoms with Gasteiger partial charge in [0.15, 0.2) is 5.52 Å². The zero-order valence-corrected chi connectivity index (χ0v) is 17.5. The van der Waals surface area contributed by atoms with Gasteiger partial charge in [0.25, 0.3) is 17.1 Å². The van der Waals surface area contributed by atoms with Crippen molar-refractivity contribution in [3.8, 4) is 11.8 Å². The Morgan fingerprint density at radius 2 is 1.81 bits per heavy atom. The fraction of sp³-hybridized carbons (Fsp3) is 0.429. The number of aryl methyl sites for hydroxylation is 2. The van der Waals surface area contributed by atoms with Gasteiger partial charge in [0.2, 0.25) is 0 Å². The second-order valence-corrected chi connectivity index (χ2v) is 7.08. The van der Waals surface area contributed by atoms with Gasteiger partial charge in [-0.2, -0.15) is 4.98 Å². The Kier molecular flexibility index (Phi) is 7.22. The highest BCUT2D eigenvalue weighted by Gasteiger charge is 2.17. The molecular weight excluding hydrogens is 407 g/mol. The second-order valence-electron chi connectivity index (χ2n) is 7.08. The number of alkyl halides is 1. The van der Waals surface area contributed by atoms with E-state index in [0.717, 1.165) is 20.4 Å². The lowest BCUT2D eigenvalue weighted by molar-refractivity contribution is 0.235. The largest absolute Gasteiger partial charge is 0.493 e. The number of aromatic nitrogens is 4. The van der Waals surface area contributed by atoms with Crippen molar-refractivity contribution in [2.75, 3.05) is 19.9 Å². The SMILES string of the molecule is Cc1ccccc1OCCCOc1nc2c(=O)n(C)c(=O)n(CCCCF)c2c(=O)[nH]1. The van der Waals surface area contributed by atoms with Gasteiger partial charge < -0.3 is 9.47 Å². The lowest BCUT2D eigenvalue weighted by Gasteiger charge is -2.12. The van der Waals surface area contributed by atoms with Gasteiger partial charge in [0.05, 0.1) is 19.9 Å². The molecule has 31 heavy (non-hydrogen) atoms. The minimum atomic E-state index is -0.694. The van der Waals surface area contributed by atoms with Crippen LogP contribution in [0.3, 0.4) is 0 Å². The van der Waals surface area contributed by atoms with Crippen LogP contribution in [0.2, 0.25) is 0 Å². The molecule has 0 aliphatic rings. The lowest BCUT2D eigenvalue weighted by Crippen LogP contribution is -2.41. The summed E-state index contributed by atoms with van der Waals surface area (Å²) in [5.41, 5.74) is -1.28. The third-order valence-corrected chi connectivity index (χ3v) is 4.81. The number of hydrogen-bond donors (Lipinski definition) is 1. The Bertz CT molecular complexity index is 1230. The average Bonchev–Trinajstić information content (AvgIpc) is 2.75. The summed E-state index contributed by atoms with van der Waals surface area (Å²) in [5, 5.41) is 0. The summed E-state index contributed by atoms with van der Waals surface area (Å²) in [6.45, 7) is 2.13. The van der Waals surface area contributed by atoms with Crippen LogP contribution in [-0.4, -0.2) is 39.0 Å². The van der Waals surface area contributed by atoms with Gasteiger partial charge in [-0.05, 0) is 31.4 Å². The number of fused-ring (bicyclic) bond motifs is 1. The van der Waals surface area contributed by atoms with E-state index >= 15 is 0 Å². The zero-order chi connectivity index (χ0) is 22.4. The van der Waals surface area contributed by atoms with Gasteiger partial charge in [-0.25, -0.2) is 4.79 Å². The topological polar surface area (TPSA) is 108 Å². The smallest absolute Gasteiger partial charge is 0.331 e. The van der Waals surface area contributed by atoms with Crippen LogP contribution in [0.15, 0.2) is 38.6 Å². The van der Waals surface area contributed by atoms with E-state index in [0.29, 0.717) is 19.4 Å². The van der Waals surface area contributed by atoms with Gasteiger partial charge >= 0.3 is 5.69 Å². The second kappa shape index (κ2) is 10.1. The van der Waals surface area contributed by atoms with Crippen molar-refractivity contribution in [3.63, 3.8) is 0 Å². The van der Waals surface area contributed by atoms with E-state index in [-0.39, 0.29) is 36.6 Å². The molecule has 0 spiro atoms. The number of H-pyrrole nitrogens is 1. The first-order valence-electron chi connectivity index (χ1n) is 10.0. The summed E-state index contributed by atoms with van der Waals surface area (Å²) in [6.07, 6.45) is 1.12. The summed E-state index contributed by atoms with van der Waals surface area (Å²) in [5.74, 6) is 0.786. The summed E-state index contributed by atoms with van der Waals surface area (Å²) >= 11 is 0. The van der Waals surface area contributed by atoms with E-state index in [2.05, 4.69) is 9.97 Å². The van der Waals surface area contributed by atoms with Crippen molar-refractivity contribution < 1.29 is 13.9 Å². The molecule has 0 amide bonds. The van der Waals surface area contributed by atoms with E-state index in [1.54, 1.807) is 0 Å². The highest BCUT2D eigenvalue weighted by molar-refractivity contribution is 5.72. The normalized spacial score (nSPS) is 11.1. The van der Waals surface area contributed by atoms with Gasteiger partial charge in [0.1, 0.15) is 11.3 Å². The number of nitrogens with one attached hydrogen (secondary N) is 1. The third kappa shape index (κ3) is 5.01. The van der Waals surface area contributed by atoms with Gasteiger partial charge in [-0.3, -0.25) is 28.1 Å². The molecule has 0 aliphatic heterocycles. The number of nitrogens with zero attached hydrogens (tertiary/aromatic N) is 3. The van der Waals surface area contributed by atoms with Crippen molar-refractivity contribution in [1.29, 1.82) is 0 Å². The van der Waals surface area contributed by atoms with E-state index < -0.39 is 23.5 Å². The van der Waals surface area contributed by atoms with Crippen LogP contribution in [0.1, 0.15) is 24.8 Å². The number of para-hydroxylation sites is 1. The molecule has 0 fully saturated rings. The molecule has 3 aromatic rings. The maximum atomic E-state index is 12.6. The summed E-state index contributed by atoms with van der Waals surface area (Å²) in [4.78, 5) is 44.1. The minimum Gasteiger partial charge on any atom is -0.493 e. The van der Waals surface area contributed by atoms with E-state index in [1.807, 2.05) is 31.2 Å². The van der Waals surface area contributed by atoms with Crippen LogP contribution in [0.4, 0.5) is 4.39 Å². The quantitative estimate of drug-likeness (QED) is 0.489. The van der Waals surface area contributed by atoms with Crippen molar-refractivity contribution in [2.24, 2.45) is 7.05 Å². The molecule has 0 radical (unpaired) electrons. The van der Waals surface area contributed by atoms with Gasteiger partial charge in [-0.1, -0.05) is 18.2 Å². The summed E-state index contributed by atoms with van der Waals surface area (Å²) < 4.78 is 25.6. The van der Waals surface area contributed by atoms with E-state index in [9.17, 15) is 18.8 Å². The van der Waals surface area contributed by atoms with Gasteiger partial charge in [-0.15, -0.1) is 0 Å². The number of ether oxygens (including phenoxy) is 2. The molecule has 2 heterocycles. The highest BCUT2D eigenvalue weighted by Crippen LogP contribution is 2.16. The standard InChI is InChI=1S/C21H25FN4O5/c1-14-8-3-4-9-15(14)30-12-7-13-31-20-23-16-17(18(27)24-20)26(11-6-5-10-22)21(29)25(2)19(16)28/h3-4,8-9H,5-7,10-13H2,1-2H3,(H,23,24,27). The van der Waals surface area contributed by atoms with E-state index in [4.69, 9.17) is 9.47 Å². The van der Waals surface area contributed by atoms with Crippen LogP contribution in [0.5, 0.6) is 11.8 Å². The van der Waals surface area contributed by atoms with Crippen LogP contribution < -0.4 is 26.3 Å². The first-order chi connectivity index (χ1) is 14.9. The molecule has 3 rings (SSSR count). The first-order valence-corrected chi connectivity index (χ1v) is 10.0. The molecule has 0 saturated heterocycles. The van der Waals surface area contributed by atoms with Crippen LogP contribution in [0, 0.1) is 6.92 Å². The molecular formula is C21H25FN4O5. The molecule has 0 aliphatic carbocycles. The highest BCUT2D eigenvalue weighted by atomic mass is 19.1. The van der Waals surface area contributed by atoms with Gasteiger partial charge in [0, 0.05) is 20.0 Å². The molecule has 10 heteroatoms. The number of halogens is 1. The Balaban J connectivity index is 1.75. The monoisotopic (exact) mass is 432 g/mol. The fourth-order valence-corrected chi connectivity index (χ4v) is 3.14. The van der Waals surface area contributed by atoms with Crippen molar-refractivity contribution in [1.82, 2.24) is 19.1 Å². The van der Waals surface area contributed by atoms with Crippen molar-refractivity contribution in [2.45, 2.75) is 32.7 Å². The zero-order valence-electron chi connectivity index (χ0n) is 17.5. The number of aromatic amines is 1. The fourth-order valence-electron chi connectivity index (χ4n) is 3.14. The molecule has 0 bridgehead atoms. The Morgan fingerprint density at radius 3 is 2.55 bits per heavy atom. The van der Waals surface area contributed by atoms with Crippen molar-refractivity contribution in [3.05, 3.63) is 61.0 Å². The maximum Gasteiger partial charge on any atom is 0.331 e. The Morgan fingerprint density at radius 1 is 1.06 bits per heavy atom. The molecule has 9 nitrogen and oxygen atoms in total.